The van der Waals surface area contributed by atoms with E-state index in [0.717, 1.165) is 18.5 Å². The number of hydrogen-bond acceptors (Lipinski definition) is 2. The van der Waals surface area contributed by atoms with Crippen molar-refractivity contribution in [2.75, 3.05) is 39.1 Å². The maximum absolute atomic E-state index is 5.72. The molecule has 0 radical (unpaired) electrons. The molecule has 0 aromatic rings. The summed E-state index contributed by atoms with van der Waals surface area (Å²) in [6, 6.07) is 0.765. The van der Waals surface area contributed by atoms with Crippen molar-refractivity contribution in [3.05, 3.63) is 0 Å². The Morgan fingerprint density at radius 2 is 2.00 bits per heavy atom. The fraction of sp³-hybridized carbons (Fsp3) is 1.00. The molecule has 0 aliphatic carbocycles. The average molecular weight is 205 g/mol. The summed E-state index contributed by atoms with van der Waals surface area (Å²) in [7, 11) is 2.19. The van der Waals surface area contributed by atoms with E-state index >= 15 is 0 Å². The molecule has 1 aliphatic rings. The topological polar surface area (TPSA) is 6.48 Å². The molecular formula is C10H21ClN2. The Kier molecular flexibility index (Phi) is 5.07. The molecule has 0 spiro atoms. The van der Waals surface area contributed by atoms with Crippen LogP contribution in [0.25, 0.3) is 0 Å². The predicted octanol–water partition coefficient (Wildman–Crippen LogP) is 1.64. The minimum atomic E-state index is 0.754. The average Bonchev–Trinajstić information content (AvgIpc) is 2.18. The van der Waals surface area contributed by atoms with E-state index in [1.807, 2.05) is 0 Å². The monoisotopic (exact) mass is 204 g/mol. The lowest BCUT2D eigenvalue weighted by molar-refractivity contribution is 0.136. The van der Waals surface area contributed by atoms with Crippen LogP contribution in [-0.2, 0) is 0 Å². The van der Waals surface area contributed by atoms with E-state index in [4.69, 9.17) is 11.6 Å². The first-order valence-electron chi connectivity index (χ1n) is 5.26. The normalized spacial score (nSPS) is 21.2. The van der Waals surface area contributed by atoms with Crippen molar-refractivity contribution in [1.82, 2.24) is 9.80 Å². The number of rotatable bonds is 4. The summed E-state index contributed by atoms with van der Waals surface area (Å²) >= 11 is 5.72. The molecule has 0 atom stereocenters. The van der Waals surface area contributed by atoms with Gasteiger partial charge in [-0.15, -0.1) is 11.6 Å². The van der Waals surface area contributed by atoms with Crippen molar-refractivity contribution in [2.45, 2.75) is 25.8 Å². The maximum atomic E-state index is 5.72. The van der Waals surface area contributed by atoms with Crippen molar-refractivity contribution < 1.29 is 0 Å². The first kappa shape index (κ1) is 11.3. The van der Waals surface area contributed by atoms with E-state index in [1.165, 1.54) is 32.5 Å². The minimum Gasteiger partial charge on any atom is -0.303 e. The highest BCUT2D eigenvalue weighted by Crippen LogP contribution is 2.14. The zero-order valence-corrected chi connectivity index (χ0v) is 9.56. The van der Waals surface area contributed by atoms with Crippen LogP contribution in [0, 0.1) is 0 Å². The first-order valence-corrected chi connectivity index (χ1v) is 5.80. The Morgan fingerprint density at radius 3 is 2.46 bits per heavy atom. The number of nitrogens with zero attached hydrogens (tertiary/aromatic N) is 2. The van der Waals surface area contributed by atoms with Gasteiger partial charge in [0.1, 0.15) is 0 Å². The fourth-order valence-corrected chi connectivity index (χ4v) is 2.26. The highest BCUT2D eigenvalue weighted by Gasteiger charge is 2.20. The second-order valence-electron chi connectivity index (χ2n) is 3.84. The number of likely N-dealkylation sites (tertiary alicyclic amines) is 1. The number of halogens is 1. The lowest BCUT2D eigenvalue weighted by Crippen LogP contribution is -2.43. The lowest BCUT2D eigenvalue weighted by Gasteiger charge is -2.36. The van der Waals surface area contributed by atoms with Crippen LogP contribution in [0.15, 0.2) is 0 Å². The molecular weight excluding hydrogens is 184 g/mol. The molecule has 0 amide bonds. The summed E-state index contributed by atoms with van der Waals surface area (Å²) in [4.78, 5) is 4.92. The van der Waals surface area contributed by atoms with Crippen molar-refractivity contribution in [3.8, 4) is 0 Å². The quantitative estimate of drug-likeness (QED) is 0.643. The third-order valence-corrected chi connectivity index (χ3v) is 3.23. The Labute approximate surface area is 86.8 Å². The van der Waals surface area contributed by atoms with Gasteiger partial charge in [-0.1, -0.05) is 6.92 Å². The SMILES string of the molecule is CCN1CCC(N(C)CCCl)CC1. The van der Waals surface area contributed by atoms with Crippen LogP contribution in [-0.4, -0.2) is 54.9 Å². The number of hydrogen-bond donors (Lipinski definition) is 0. The molecule has 13 heavy (non-hydrogen) atoms. The molecule has 78 valence electrons. The van der Waals surface area contributed by atoms with Crippen LogP contribution in [0.5, 0.6) is 0 Å². The maximum Gasteiger partial charge on any atom is 0.0351 e. The van der Waals surface area contributed by atoms with Crippen molar-refractivity contribution in [2.24, 2.45) is 0 Å². The molecule has 1 heterocycles. The van der Waals surface area contributed by atoms with Gasteiger partial charge in [-0.2, -0.15) is 0 Å². The second kappa shape index (κ2) is 5.84. The third-order valence-electron chi connectivity index (χ3n) is 3.06. The molecule has 0 saturated carbocycles. The smallest absolute Gasteiger partial charge is 0.0351 e. The molecule has 3 heteroatoms. The van der Waals surface area contributed by atoms with Gasteiger partial charge in [-0.25, -0.2) is 0 Å². The van der Waals surface area contributed by atoms with E-state index < -0.39 is 0 Å². The van der Waals surface area contributed by atoms with Gasteiger partial charge in [0.2, 0.25) is 0 Å². The molecule has 0 N–H and O–H groups in total. The van der Waals surface area contributed by atoms with Crippen molar-refractivity contribution >= 4 is 11.6 Å². The summed E-state index contributed by atoms with van der Waals surface area (Å²) in [5, 5.41) is 0. The van der Waals surface area contributed by atoms with E-state index in [1.54, 1.807) is 0 Å². The summed E-state index contributed by atoms with van der Waals surface area (Å²) in [5.74, 6) is 0.754. The highest BCUT2D eigenvalue weighted by atomic mass is 35.5. The van der Waals surface area contributed by atoms with Gasteiger partial charge >= 0.3 is 0 Å². The standard InChI is InChI=1S/C10H21ClN2/c1-3-13-7-4-10(5-8-13)12(2)9-6-11/h10H,3-9H2,1-2H3. The lowest BCUT2D eigenvalue weighted by atomic mass is 10.0. The Balaban J connectivity index is 2.23. The zero-order chi connectivity index (χ0) is 9.68. The van der Waals surface area contributed by atoms with Gasteiger partial charge in [0.25, 0.3) is 0 Å². The molecule has 0 bridgehead atoms. The summed E-state index contributed by atoms with van der Waals surface area (Å²) in [5.41, 5.74) is 0. The van der Waals surface area contributed by atoms with Crippen LogP contribution in [0.1, 0.15) is 19.8 Å². The van der Waals surface area contributed by atoms with E-state index in [0.29, 0.717) is 0 Å². The van der Waals surface area contributed by atoms with Crippen LogP contribution < -0.4 is 0 Å². The molecule has 0 unspecified atom stereocenters. The largest absolute Gasteiger partial charge is 0.303 e. The second-order valence-corrected chi connectivity index (χ2v) is 4.21. The zero-order valence-electron chi connectivity index (χ0n) is 8.80. The third kappa shape index (κ3) is 3.45. The van der Waals surface area contributed by atoms with Gasteiger partial charge in [0.15, 0.2) is 0 Å². The molecule has 1 aliphatic heterocycles. The summed E-state index contributed by atoms with van der Waals surface area (Å²) in [6.45, 7) is 6.98. The van der Waals surface area contributed by atoms with E-state index in [2.05, 4.69) is 23.8 Å². The van der Waals surface area contributed by atoms with Gasteiger partial charge in [0.05, 0.1) is 0 Å². The number of alkyl halides is 1. The van der Waals surface area contributed by atoms with Gasteiger partial charge in [-0.3, -0.25) is 0 Å². The molecule has 2 nitrogen and oxygen atoms in total. The van der Waals surface area contributed by atoms with Crippen LogP contribution in [0.2, 0.25) is 0 Å². The molecule has 1 fully saturated rings. The molecule has 1 rings (SSSR count). The van der Waals surface area contributed by atoms with Gasteiger partial charge in [-0.05, 0) is 39.5 Å². The van der Waals surface area contributed by atoms with Crippen molar-refractivity contribution in [1.29, 1.82) is 0 Å². The minimum absolute atomic E-state index is 0.754. The molecule has 0 aromatic carbocycles. The predicted molar refractivity (Wildman–Crippen MR) is 58.5 cm³/mol. The summed E-state index contributed by atoms with van der Waals surface area (Å²) < 4.78 is 0. The first-order chi connectivity index (χ1) is 6.27. The Bertz CT molecular complexity index is 133. The van der Waals surface area contributed by atoms with Crippen LogP contribution in [0.3, 0.4) is 0 Å². The number of piperidine rings is 1. The van der Waals surface area contributed by atoms with Gasteiger partial charge in [0, 0.05) is 18.5 Å². The van der Waals surface area contributed by atoms with E-state index in [-0.39, 0.29) is 0 Å². The highest BCUT2D eigenvalue weighted by molar-refractivity contribution is 6.18. The molecule has 0 aromatic heterocycles. The Morgan fingerprint density at radius 1 is 1.38 bits per heavy atom. The van der Waals surface area contributed by atoms with Crippen LogP contribution >= 0.6 is 11.6 Å². The van der Waals surface area contributed by atoms with Gasteiger partial charge < -0.3 is 9.80 Å². The van der Waals surface area contributed by atoms with Crippen molar-refractivity contribution in [3.63, 3.8) is 0 Å². The van der Waals surface area contributed by atoms with E-state index in [9.17, 15) is 0 Å². The fourth-order valence-electron chi connectivity index (χ4n) is 1.99. The summed E-state index contributed by atoms with van der Waals surface area (Å²) in [6.07, 6.45) is 2.61. The molecule has 1 saturated heterocycles. The van der Waals surface area contributed by atoms with Crippen LogP contribution in [0.4, 0.5) is 0 Å². The Hall–Kier alpha value is 0.210.